The van der Waals surface area contributed by atoms with Crippen molar-refractivity contribution in [1.82, 2.24) is 0 Å². The van der Waals surface area contributed by atoms with Crippen molar-refractivity contribution in [2.75, 3.05) is 6.54 Å². The van der Waals surface area contributed by atoms with E-state index in [0.717, 1.165) is 12.8 Å². The Labute approximate surface area is 118 Å². The Morgan fingerprint density at radius 1 is 1.16 bits per heavy atom. The van der Waals surface area contributed by atoms with Crippen LogP contribution in [0.15, 0.2) is 0 Å². The fourth-order valence-electron chi connectivity index (χ4n) is 0.934. The molecule has 8 N–H and O–H groups in total. The van der Waals surface area contributed by atoms with Gasteiger partial charge < -0.3 is 27.4 Å². The lowest BCUT2D eigenvalue weighted by molar-refractivity contribution is -0.139. The number of aliphatic carboxylic acids is 2. The van der Waals surface area contributed by atoms with Gasteiger partial charge in [0.1, 0.15) is 12.1 Å². The predicted octanol–water partition coefficient (Wildman–Crippen LogP) is -0.366. The topological polar surface area (TPSA) is 153 Å². The minimum Gasteiger partial charge on any atom is -0.480 e. The Bertz CT molecular complexity index is 282. The van der Waals surface area contributed by atoms with Crippen LogP contribution in [0.25, 0.3) is 0 Å². The normalized spacial score (nSPS) is 14.0. The third kappa shape index (κ3) is 12.0. The van der Waals surface area contributed by atoms with Crippen LogP contribution in [0.3, 0.4) is 0 Å². The summed E-state index contributed by atoms with van der Waals surface area (Å²) in [6.45, 7) is 3.93. The Balaban J connectivity index is 0. The van der Waals surface area contributed by atoms with E-state index in [1.54, 1.807) is 13.8 Å². The molecule has 0 spiro atoms. The van der Waals surface area contributed by atoms with Gasteiger partial charge >= 0.3 is 11.9 Å². The summed E-state index contributed by atoms with van der Waals surface area (Å²) in [5.41, 5.74) is 15.6. The van der Waals surface area contributed by atoms with Crippen LogP contribution >= 0.6 is 12.6 Å². The van der Waals surface area contributed by atoms with E-state index in [1.165, 1.54) is 0 Å². The molecule has 0 heterocycles. The van der Waals surface area contributed by atoms with Gasteiger partial charge in [0, 0.05) is 4.75 Å². The van der Waals surface area contributed by atoms with Crippen LogP contribution in [0.2, 0.25) is 0 Å². The molecule has 0 bridgehead atoms. The van der Waals surface area contributed by atoms with E-state index in [9.17, 15) is 9.59 Å². The molecule has 2 atom stereocenters. The van der Waals surface area contributed by atoms with Crippen LogP contribution in [0, 0.1) is 0 Å². The van der Waals surface area contributed by atoms with E-state index >= 15 is 0 Å². The lowest BCUT2D eigenvalue weighted by atomic mass is 10.1. The Morgan fingerprint density at radius 2 is 1.63 bits per heavy atom. The molecule has 0 aromatic heterocycles. The maximum atomic E-state index is 10.2. The van der Waals surface area contributed by atoms with E-state index in [1.807, 2.05) is 0 Å². The third-order valence-electron chi connectivity index (χ3n) is 2.31. The molecule has 0 fully saturated rings. The first-order valence-corrected chi connectivity index (χ1v) is 6.38. The van der Waals surface area contributed by atoms with Crippen LogP contribution < -0.4 is 17.2 Å². The molecule has 0 radical (unpaired) electrons. The number of carbonyl (C=O) groups is 2. The SMILES string of the molecule is CC(C)(S)[C@@H](N)C(=O)O.NCCCCC(N)C(=O)O. The standard InChI is InChI=1S/C6H14N2O2.C5H11NO2S/c7-4-2-1-3-5(8)6(9)10;1-5(2,9)3(6)4(7)8/h5H,1-4,7-8H2,(H,9,10);3,9H,6H2,1-2H3,(H,7,8)/t;3-/m.0/s1. The number of carboxylic acid groups (broad SMARTS) is 2. The fourth-order valence-corrected chi connectivity index (χ4v) is 1.04. The Morgan fingerprint density at radius 3 is 1.84 bits per heavy atom. The fraction of sp³-hybridized carbons (Fsp3) is 0.818. The van der Waals surface area contributed by atoms with Gasteiger partial charge in [-0.25, -0.2) is 0 Å². The first-order chi connectivity index (χ1) is 8.53. The molecule has 0 aromatic rings. The molecule has 0 aliphatic rings. The van der Waals surface area contributed by atoms with E-state index in [-0.39, 0.29) is 0 Å². The van der Waals surface area contributed by atoms with E-state index < -0.39 is 28.8 Å². The number of thiol groups is 1. The summed E-state index contributed by atoms with van der Waals surface area (Å²) >= 11 is 3.98. The maximum Gasteiger partial charge on any atom is 0.321 e. The average molecular weight is 295 g/mol. The lowest BCUT2D eigenvalue weighted by Gasteiger charge is -2.21. The van der Waals surface area contributed by atoms with E-state index in [0.29, 0.717) is 13.0 Å². The maximum absolute atomic E-state index is 10.2. The van der Waals surface area contributed by atoms with Crippen LogP contribution in [-0.2, 0) is 9.59 Å². The van der Waals surface area contributed by atoms with Gasteiger partial charge in [-0.2, -0.15) is 12.6 Å². The first-order valence-electron chi connectivity index (χ1n) is 5.93. The molecule has 0 rings (SSSR count). The molecule has 0 aliphatic carbocycles. The highest BCUT2D eigenvalue weighted by atomic mass is 32.1. The smallest absolute Gasteiger partial charge is 0.321 e. The highest BCUT2D eigenvalue weighted by Gasteiger charge is 2.27. The molecule has 8 heteroatoms. The Hall–Kier alpha value is -0.830. The molecule has 0 saturated carbocycles. The van der Waals surface area contributed by atoms with Gasteiger partial charge in [0.2, 0.25) is 0 Å². The van der Waals surface area contributed by atoms with Gasteiger partial charge in [-0.15, -0.1) is 0 Å². The van der Waals surface area contributed by atoms with Crippen molar-refractivity contribution >= 4 is 24.6 Å². The summed E-state index contributed by atoms with van der Waals surface area (Å²) < 4.78 is -0.647. The molecule has 114 valence electrons. The monoisotopic (exact) mass is 295 g/mol. The molecule has 0 amide bonds. The highest BCUT2D eigenvalue weighted by molar-refractivity contribution is 7.81. The second-order valence-electron chi connectivity index (χ2n) is 4.70. The molecular formula is C11H25N3O4S. The van der Waals surface area contributed by atoms with Gasteiger partial charge in [-0.05, 0) is 33.2 Å². The lowest BCUT2D eigenvalue weighted by Crippen LogP contribution is -2.45. The second kappa shape index (κ2) is 10.0. The van der Waals surface area contributed by atoms with Gasteiger partial charge in [0.15, 0.2) is 0 Å². The quantitative estimate of drug-likeness (QED) is 0.277. The third-order valence-corrected chi connectivity index (χ3v) is 2.59. The van der Waals surface area contributed by atoms with Crippen molar-refractivity contribution in [2.24, 2.45) is 17.2 Å². The molecule has 19 heavy (non-hydrogen) atoms. The molecular weight excluding hydrogens is 270 g/mol. The number of carboxylic acids is 2. The average Bonchev–Trinajstić information content (AvgIpc) is 2.27. The predicted molar refractivity (Wildman–Crippen MR) is 77.2 cm³/mol. The number of hydrogen-bond acceptors (Lipinski definition) is 6. The summed E-state index contributed by atoms with van der Waals surface area (Å²) in [7, 11) is 0. The zero-order valence-electron chi connectivity index (χ0n) is 11.4. The van der Waals surface area contributed by atoms with Crippen molar-refractivity contribution in [3.63, 3.8) is 0 Å². The molecule has 7 nitrogen and oxygen atoms in total. The highest BCUT2D eigenvalue weighted by Crippen LogP contribution is 2.15. The summed E-state index contributed by atoms with van der Waals surface area (Å²) in [6, 6.07) is -1.62. The number of unbranched alkanes of at least 4 members (excludes halogenated alkanes) is 1. The van der Waals surface area contributed by atoms with Crippen molar-refractivity contribution in [3.05, 3.63) is 0 Å². The van der Waals surface area contributed by atoms with Gasteiger partial charge in [-0.1, -0.05) is 6.42 Å². The van der Waals surface area contributed by atoms with Crippen LogP contribution in [-0.4, -0.2) is 45.5 Å². The molecule has 0 aliphatic heterocycles. The summed E-state index contributed by atoms with van der Waals surface area (Å²) in [5, 5.41) is 16.7. The van der Waals surface area contributed by atoms with Gasteiger partial charge in [-0.3, -0.25) is 9.59 Å². The minimum absolute atomic E-state index is 0.520. The Kier molecular flexibility index (Phi) is 10.8. The molecule has 0 aromatic carbocycles. The second-order valence-corrected chi connectivity index (χ2v) is 5.85. The molecule has 1 unspecified atom stereocenters. The van der Waals surface area contributed by atoms with Crippen molar-refractivity contribution in [1.29, 1.82) is 0 Å². The summed E-state index contributed by atoms with van der Waals surface area (Å²) in [4.78, 5) is 20.3. The minimum atomic E-state index is -1.02. The van der Waals surface area contributed by atoms with Crippen LogP contribution in [0.1, 0.15) is 33.1 Å². The van der Waals surface area contributed by atoms with Crippen molar-refractivity contribution in [2.45, 2.75) is 49.9 Å². The largest absolute Gasteiger partial charge is 0.480 e. The van der Waals surface area contributed by atoms with Crippen LogP contribution in [0.5, 0.6) is 0 Å². The first kappa shape index (κ1) is 20.5. The van der Waals surface area contributed by atoms with E-state index in [4.69, 9.17) is 27.4 Å². The van der Waals surface area contributed by atoms with E-state index in [2.05, 4.69) is 12.6 Å². The zero-order valence-corrected chi connectivity index (χ0v) is 12.3. The van der Waals surface area contributed by atoms with Gasteiger partial charge in [0.05, 0.1) is 0 Å². The zero-order chi connectivity index (χ0) is 15.6. The summed E-state index contributed by atoms with van der Waals surface area (Å²) in [5.74, 6) is -1.95. The van der Waals surface area contributed by atoms with Crippen LogP contribution in [0.4, 0.5) is 0 Å². The number of nitrogens with two attached hydrogens (primary N) is 3. The van der Waals surface area contributed by atoms with Crippen molar-refractivity contribution in [3.8, 4) is 0 Å². The molecule has 0 saturated heterocycles. The number of rotatable bonds is 7. The summed E-state index contributed by atoms with van der Waals surface area (Å²) in [6.07, 6.45) is 2.16. The van der Waals surface area contributed by atoms with Gasteiger partial charge in [0.25, 0.3) is 0 Å². The van der Waals surface area contributed by atoms with Crippen molar-refractivity contribution < 1.29 is 19.8 Å². The number of hydrogen-bond donors (Lipinski definition) is 6.